The maximum absolute atomic E-state index is 13.2. The Hall–Kier alpha value is -3.54. The van der Waals surface area contributed by atoms with Gasteiger partial charge in [-0.3, -0.25) is 4.79 Å². The molecule has 1 aromatic heterocycles. The van der Waals surface area contributed by atoms with Crippen LogP contribution in [0.3, 0.4) is 0 Å². The third-order valence-corrected chi connectivity index (χ3v) is 4.27. The van der Waals surface area contributed by atoms with Crippen molar-refractivity contribution in [2.75, 3.05) is 13.2 Å². The van der Waals surface area contributed by atoms with Gasteiger partial charge in [0.15, 0.2) is 6.10 Å². The van der Waals surface area contributed by atoms with Crippen LogP contribution in [0.15, 0.2) is 72.8 Å². The number of para-hydroxylation sites is 1. The first kappa shape index (κ1) is 16.9. The lowest BCUT2D eigenvalue weighted by Gasteiger charge is -2.19. The zero-order valence-corrected chi connectivity index (χ0v) is 14.4. The minimum absolute atomic E-state index is 0.0473. The predicted molar refractivity (Wildman–Crippen MR) is 97.9 cm³/mol. The molecule has 0 saturated heterocycles. The number of hydrogen-bond acceptors (Lipinski definition) is 5. The van der Waals surface area contributed by atoms with E-state index in [-0.39, 0.29) is 18.1 Å². The summed E-state index contributed by atoms with van der Waals surface area (Å²) in [5.74, 6) is -1.10. The van der Waals surface area contributed by atoms with Crippen molar-refractivity contribution < 1.29 is 23.8 Å². The van der Waals surface area contributed by atoms with Crippen molar-refractivity contribution in [3.05, 3.63) is 83.9 Å². The summed E-state index contributed by atoms with van der Waals surface area (Å²) >= 11 is 0. The Morgan fingerprint density at radius 1 is 1.00 bits per heavy atom. The molecule has 0 unspecified atom stereocenters. The molecule has 136 valence electrons. The number of ketones is 1. The van der Waals surface area contributed by atoms with Gasteiger partial charge in [0.05, 0.1) is 0 Å². The highest BCUT2D eigenvalue weighted by Gasteiger charge is 2.30. The lowest BCUT2D eigenvalue weighted by Crippen LogP contribution is -2.23. The number of aromatic amines is 1. The minimum atomic E-state index is -1.09. The molecule has 0 saturated carbocycles. The molecular weight excluding hydrogens is 346 g/mol. The number of benzene rings is 2. The third kappa shape index (κ3) is 3.42. The number of ether oxygens (including phenoxy) is 3. The summed E-state index contributed by atoms with van der Waals surface area (Å²) in [6.07, 6.45) is 1.75. The van der Waals surface area contributed by atoms with Crippen molar-refractivity contribution in [1.29, 1.82) is 0 Å². The first-order chi connectivity index (χ1) is 13.2. The van der Waals surface area contributed by atoms with E-state index in [0.29, 0.717) is 17.7 Å². The van der Waals surface area contributed by atoms with Gasteiger partial charge in [0.25, 0.3) is 0 Å². The normalized spacial score (nSPS) is 14.6. The van der Waals surface area contributed by atoms with Crippen molar-refractivity contribution in [3.63, 3.8) is 0 Å². The third-order valence-electron chi connectivity index (χ3n) is 4.27. The molecule has 1 atom stereocenters. The molecule has 0 aliphatic carbocycles. The number of H-pyrrole nitrogens is 1. The molecule has 1 N–H and O–H groups in total. The van der Waals surface area contributed by atoms with Crippen LogP contribution in [0.1, 0.15) is 22.0 Å². The van der Waals surface area contributed by atoms with Gasteiger partial charge in [0.1, 0.15) is 19.5 Å². The fourth-order valence-corrected chi connectivity index (χ4v) is 2.96. The Kier molecular flexibility index (Phi) is 4.61. The summed E-state index contributed by atoms with van der Waals surface area (Å²) in [6, 6.07) is 16.4. The first-order valence-electron chi connectivity index (χ1n) is 8.55. The molecule has 2 aromatic carbocycles. The van der Waals surface area contributed by atoms with Gasteiger partial charge in [-0.05, 0) is 6.07 Å². The highest BCUT2D eigenvalue weighted by atomic mass is 16.6. The van der Waals surface area contributed by atoms with Gasteiger partial charge < -0.3 is 19.2 Å². The maximum Gasteiger partial charge on any atom is 0.377 e. The number of aromatic nitrogens is 1. The summed E-state index contributed by atoms with van der Waals surface area (Å²) in [5, 5.41) is 0.774. The van der Waals surface area contributed by atoms with E-state index in [1.807, 2.05) is 30.3 Å². The van der Waals surface area contributed by atoms with Crippen molar-refractivity contribution in [1.82, 2.24) is 4.98 Å². The second-order valence-electron chi connectivity index (χ2n) is 6.01. The lowest BCUT2D eigenvalue weighted by atomic mass is 9.99. The molecule has 2 heterocycles. The summed E-state index contributed by atoms with van der Waals surface area (Å²) < 4.78 is 15.9. The van der Waals surface area contributed by atoms with Crippen LogP contribution >= 0.6 is 0 Å². The monoisotopic (exact) mass is 363 g/mol. The molecule has 3 aromatic rings. The van der Waals surface area contributed by atoms with Gasteiger partial charge in [0.2, 0.25) is 11.5 Å². The van der Waals surface area contributed by atoms with E-state index in [1.165, 1.54) is 6.26 Å². The van der Waals surface area contributed by atoms with Crippen molar-refractivity contribution in [2.24, 2.45) is 0 Å². The molecule has 0 amide bonds. The molecule has 1 aliphatic rings. The van der Waals surface area contributed by atoms with Crippen LogP contribution in [0.4, 0.5) is 0 Å². The molecule has 6 heteroatoms. The van der Waals surface area contributed by atoms with Crippen LogP contribution in [0.2, 0.25) is 0 Å². The van der Waals surface area contributed by atoms with Crippen molar-refractivity contribution in [2.45, 2.75) is 6.10 Å². The number of esters is 1. The van der Waals surface area contributed by atoms with Gasteiger partial charge in [-0.1, -0.05) is 48.5 Å². The van der Waals surface area contributed by atoms with E-state index in [0.717, 1.165) is 10.9 Å². The smallest absolute Gasteiger partial charge is 0.377 e. The molecule has 6 nitrogen and oxygen atoms in total. The molecule has 1 aliphatic heterocycles. The molecular formula is C21H17NO5. The van der Waals surface area contributed by atoms with Crippen molar-refractivity contribution >= 4 is 22.7 Å². The number of carbonyl (C=O) groups is 2. The van der Waals surface area contributed by atoms with Crippen LogP contribution in [-0.4, -0.2) is 30.0 Å². The maximum atomic E-state index is 13.2. The number of rotatable bonds is 5. The standard InChI is InChI=1S/C21H17NO5/c23-19(16-12-22-17-9-5-4-8-15(16)17)20(14-6-2-1-3-7-14)27-21(24)18-13-25-10-11-26-18/h1-9,12-13,20,22H,10-11H2/t20-/m0/s1. The zero-order chi connectivity index (χ0) is 18.6. The number of hydrogen-bond donors (Lipinski definition) is 1. The van der Waals surface area contributed by atoms with E-state index < -0.39 is 12.1 Å². The quantitative estimate of drug-likeness (QED) is 0.554. The Morgan fingerprint density at radius 2 is 1.78 bits per heavy atom. The number of nitrogens with one attached hydrogen (secondary N) is 1. The van der Waals surface area contributed by atoms with E-state index in [2.05, 4.69) is 4.98 Å². The van der Waals surface area contributed by atoms with Gasteiger partial charge in [-0.2, -0.15) is 0 Å². The molecule has 0 bridgehead atoms. The van der Waals surface area contributed by atoms with E-state index in [9.17, 15) is 9.59 Å². The Bertz CT molecular complexity index is 1010. The summed E-state index contributed by atoms with van der Waals surface area (Å²) in [5.41, 5.74) is 1.88. The molecule has 27 heavy (non-hydrogen) atoms. The van der Waals surface area contributed by atoms with Gasteiger partial charge in [-0.25, -0.2) is 4.79 Å². The minimum Gasteiger partial charge on any atom is -0.493 e. The Morgan fingerprint density at radius 3 is 2.56 bits per heavy atom. The van der Waals surface area contributed by atoms with Crippen LogP contribution in [0.25, 0.3) is 10.9 Å². The van der Waals surface area contributed by atoms with E-state index >= 15 is 0 Å². The largest absolute Gasteiger partial charge is 0.493 e. The Balaban J connectivity index is 1.68. The lowest BCUT2D eigenvalue weighted by molar-refractivity contribution is -0.148. The predicted octanol–water partition coefficient (Wildman–Crippen LogP) is 3.52. The molecule has 0 fully saturated rings. The topological polar surface area (TPSA) is 77.6 Å². The molecule has 0 spiro atoms. The summed E-state index contributed by atoms with van der Waals surface area (Å²) in [6.45, 7) is 0.625. The number of Topliss-reactive ketones (excluding diaryl/α,β-unsaturated/α-hetero) is 1. The fourth-order valence-electron chi connectivity index (χ4n) is 2.96. The van der Waals surface area contributed by atoms with E-state index in [1.54, 1.807) is 30.5 Å². The molecule has 4 rings (SSSR count). The summed E-state index contributed by atoms with van der Waals surface area (Å²) in [4.78, 5) is 28.8. The van der Waals surface area contributed by atoms with Gasteiger partial charge >= 0.3 is 5.97 Å². The van der Waals surface area contributed by atoms with Crippen LogP contribution in [0.5, 0.6) is 0 Å². The highest BCUT2D eigenvalue weighted by Crippen LogP contribution is 2.28. The van der Waals surface area contributed by atoms with Crippen molar-refractivity contribution in [3.8, 4) is 0 Å². The highest BCUT2D eigenvalue weighted by molar-refractivity contribution is 6.10. The van der Waals surface area contributed by atoms with Gasteiger partial charge in [0, 0.05) is 28.2 Å². The van der Waals surface area contributed by atoms with Crippen LogP contribution in [-0.2, 0) is 19.0 Å². The molecule has 0 radical (unpaired) electrons. The number of fused-ring (bicyclic) bond motifs is 1. The zero-order valence-electron chi connectivity index (χ0n) is 14.4. The van der Waals surface area contributed by atoms with Crippen LogP contribution in [0, 0.1) is 0 Å². The first-order valence-corrected chi connectivity index (χ1v) is 8.55. The second kappa shape index (κ2) is 7.37. The van der Waals surface area contributed by atoms with Gasteiger partial charge in [-0.15, -0.1) is 0 Å². The number of carbonyl (C=O) groups excluding carboxylic acids is 2. The van der Waals surface area contributed by atoms with E-state index in [4.69, 9.17) is 14.2 Å². The SMILES string of the molecule is O=C(O[C@H](C(=O)c1c[nH]c2ccccc12)c1ccccc1)C1=COCCO1. The van der Waals surface area contributed by atoms with Crippen LogP contribution < -0.4 is 0 Å². The Labute approximate surface area is 155 Å². The average Bonchev–Trinajstić information content (AvgIpc) is 3.17. The second-order valence-corrected chi connectivity index (χ2v) is 6.01. The average molecular weight is 363 g/mol. The fraction of sp³-hybridized carbons (Fsp3) is 0.143. The summed E-state index contributed by atoms with van der Waals surface area (Å²) in [7, 11) is 0.